The lowest BCUT2D eigenvalue weighted by molar-refractivity contribution is -0.138. The molecular formula is C15H23N3O2S. The summed E-state index contributed by atoms with van der Waals surface area (Å²) in [7, 11) is 1.65. The number of likely N-dealkylation sites (N-methyl/N-ethyl adjacent to an activating group) is 1. The molecule has 3 rings (SSSR count). The van der Waals surface area contributed by atoms with Gasteiger partial charge in [-0.05, 0) is 12.8 Å². The average molecular weight is 309 g/mol. The van der Waals surface area contributed by atoms with Crippen molar-refractivity contribution in [3.8, 4) is 0 Å². The number of hydrogen-bond acceptors (Lipinski definition) is 5. The fourth-order valence-corrected chi connectivity index (χ4v) is 4.13. The van der Waals surface area contributed by atoms with E-state index < -0.39 is 0 Å². The van der Waals surface area contributed by atoms with Gasteiger partial charge in [-0.1, -0.05) is 12.8 Å². The molecule has 1 aromatic heterocycles. The number of hydrogen-bond donors (Lipinski definition) is 1. The van der Waals surface area contributed by atoms with Gasteiger partial charge >= 0.3 is 0 Å². The molecule has 0 aromatic carbocycles. The van der Waals surface area contributed by atoms with Crippen molar-refractivity contribution in [2.75, 3.05) is 26.7 Å². The number of ether oxygens (including phenoxy) is 1. The van der Waals surface area contributed by atoms with Crippen molar-refractivity contribution in [2.24, 2.45) is 0 Å². The van der Waals surface area contributed by atoms with Crippen LogP contribution in [0.2, 0.25) is 0 Å². The Balaban J connectivity index is 1.57. The Labute approximate surface area is 129 Å². The summed E-state index contributed by atoms with van der Waals surface area (Å²) in [6.45, 7) is 2.94. The molecule has 0 spiro atoms. The van der Waals surface area contributed by atoms with Gasteiger partial charge in [-0.2, -0.15) is 0 Å². The zero-order chi connectivity index (χ0) is 14.7. The first-order valence-electron chi connectivity index (χ1n) is 7.76. The Morgan fingerprint density at radius 2 is 2.33 bits per heavy atom. The Bertz CT molecular complexity index is 485. The fourth-order valence-electron chi connectivity index (χ4n) is 3.15. The highest BCUT2D eigenvalue weighted by Crippen LogP contribution is 2.35. The van der Waals surface area contributed by atoms with Crippen LogP contribution < -0.4 is 5.32 Å². The van der Waals surface area contributed by atoms with Crippen molar-refractivity contribution in [2.45, 2.75) is 44.2 Å². The van der Waals surface area contributed by atoms with Crippen molar-refractivity contribution in [1.82, 2.24) is 15.2 Å². The number of aromatic nitrogens is 1. The highest BCUT2D eigenvalue weighted by atomic mass is 32.1. The van der Waals surface area contributed by atoms with Gasteiger partial charge in [0.2, 0.25) is 5.91 Å². The van der Waals surface area contributed by atoms with E-state index in [0.29, 0.717) is 19.1 Å². The smallest absolute Gasteiger partial charge is 0.250 e. The lowest BCUT2D eigenvalue weighted by Gasteiger charge is -2.31. The maximum absolute atomic E-state index is 11.7. The normalized spacial score (nSPS) is 24.3. The summed E-state index contributed by atoms with van der Waals surface area (Å²) >= 11 is 1.80. The molecule has 1 N–H and O–H groups in total. The van der Waals surface area contributed by atoms with Gasteiger partial charge in [-0.15, -0.1) is 11.3 Å². The van der Waals surface area contributed by atoms with Crippen LogP contribution in [0.25, 0.3) is 0 Å². The zero-order valence-electron chi connectivity index (χ0n) is 12.5. The van der Waals surface area contributed by atoms with Crippen LogP contribution in [0.15, 0.2) is 5.38 Å². The van der Waals surface area contributed by atoms with E-state index in [1.165, 1.54) is 30.7 Å². The molecule has 1 unspecified atom stereocenters. The van der Waals surface area contributed by atoms with Crippen molar-refractivity contribution < 1.29 is 9.53 Å². The molecule has 116 valence electrons. The summed E-state index contributed by atoms with van der Waals surface area (Å²) in [5.41, 5.74) is 1.14. The number of carbonyl (C=O) groups excluding carboxylic acids is 1. The van der Waals surface area contributed by atoms with Crippen LogP contribution in [-0.4, -0.2) is 48.6 Å². The molecule has 1 aromatic rings. The molecule has 2 fully saturated rings. The Morgan fingerprint density at radius 1 is 1.52 bits per heavy atom. The number of morpholine rings is 1. The standard InChI is InChI=1S/C15H23N3O2S/c1-16-14(19)13-9-18(6-7-20-13)8-12-10-21-15(17-12)11-4-2-3-5-11/h10-11,13H,2-9H2,1H3,(H,16,19). The van der Waals surface area contributed by atoms with Crippen molar-refractivity contribution in [1.29, 1.82) is 0 Å². The zero-order valence-corrected chi connectivity index (χ0v) is 13.3. The van der Waals surface area contributed by atoms with Crippen LogP contribution in [0.3, 0.4) is 0 Å². The number of rotatable bonds is 4. The van der Waals surface area contributed by atoms with Crippen molar-refractivity contribution in [3.05, 3.63) is 16.1 Å². The van der Waals surface area contributed by atoms with Crippen LogP contribution >= 0.6 is 11.3 Å². The molecule has 6 heteroatoms. The number of thiazole rings is 1. The molecule has 2 aliphatic rings. The van der Waals surface area contributed by atoms with Crippen LogP contribution in [0.5, 0.6) is 0 Å². The second kappa shape index (κ2) is 6.85. The van der Waals surface area contributed by atoms with E-state index in [1.807, 2.05) is 0 Å². The summed E-state index contributed by atoms with van der Waals surface area (Å²) in [5.74, 6) is 0.650. The molecule has 21 heavy (non-hydrogen) atoms. The molecule has 1 atom stereocenters. The van der Waals surface area contributed by atoms with E-state index in [4.69, 9.17) is 9.72 Å². The van der Waals surface area contributed by atoms with E-state index in [9.17, 15) is 4.79 Å². The topological polar surface area (TPSA) is 54.5 Å². The maximum Gasteiger partial charge on any atom is 0.250 e. The summed E-state index contributed by atoms with van der Waals surface area (Å²) < 4.78 is 5.51. The number of nitrogens with zero attached hydrogens (tertiary/aromatic N) is 2. The minimum Gasteiger partial charge on any atom is -0.366 e. The number of amides is 1. The van der Waals surface area contributed by atoms with Gasteiger partial charge in [-0.25, -0.2) is 4.98 Å². The van der Waals surface area contributed by atoms with E-state index >= 15 is 0 Å². The monoisotopic (exact) mass is 309 g/mol. The third-order valence-electron chi connectivity index (χ3n) is 4.35. The van der Waals surface area contributed by atoms with Crippen molar-refractivity contribution in [3.63, 3.8) is 0 Å². The van der Waals surface area contributed by atoms with Gasteiger partial charge in [0.15, 0.2) is 0 Å². The minimum atomic E-state index is -0.350. The molecule has 0 bridgehead atoms. The quantitative estimate of drug-likeness (QED) is 0.920. The SMILES string of the molecule is CNC(=O)C1CN(Cc2csc(C3CCCC3)n2)CCO1. The van der Waals surface area contributed by atoms with Gasteiger partial charge in [0.05, 0.1) is 17.3 Å². The van der Waals surface area contributed by atoms with Gasteiger partial charge in [0.25, 0.3) is 0 Å². The third kappa shape index (κ3) is 3.62. The van der Waals surface area contributed by atoms with E-state index in [1.54, 1.807) is 18.4 Å². The predicted octanol–water partition coefficient (Wildman–Crippen LogP) is 1.75. The fraction of sp³-hybridized carbons (Fsp3) is 0.733. The Morgan fingerprint density at radius 3 is 3.10 bits per heavy atom. The van der Waals surface area contributed by atoms with Crippen molar-refractivity contribution >= 4 is 17.2 Å². The molecule has 1 saturated heterocycles. The summed E-state index contributed by atoms with van der Waals surface area (Å²) in [6, 6.07) is 0. The summed E-state index contributed by atoms with van der Waals surface area (Å²) in [5, 5.41) is 6.14. The molecule has 2 heterocycles. The highest BCUT2D eigenvalue weighted by molar-refractivity contribution is 7.09. The molecule has 1 aliphatic heterocycles. The highest BCUT2D eigenvalue weighted by Gasteiger charge is 2.26. The molecular weight excluding hydrogens is 286 g/mol. The molecule has 0 radical (unpaired) electrons. The largest absolute Gasteiger partial charge is 0.366 e. The van der Waals surface area contributed by atoms with Gasteiger partial charge < -0.3 is 10.1 Å². The molecule has 1 aliphatic carbocycles. The van der Waals surface area contributed by atoms with Gasteiger partial charge in [-0.3, -0.25) is 9.69 Å². The van der Waals surface area contributed by atoms with E-state index in [-0.39, 0.29) is 12.0 Å². The Hall–Kier alpha value is -0.980. The van der Waals surface area contributed by atoms with Gasteiger partial charge in [0, 0.05) is 38.0 Å². The second-order valence-corrected chi connectivity index (χ2v) is 6.76. The van der Waals surface area contributed by atoms with E-state index in [0.717, 1.165) is 18.8 Å². The second-order valence-electron chi connectivity index (χ2n) is 5.87. The van der Waals surface area contributed by atoms with Crippen LogP contribution in [0, 0.1) is 0 Å². The summed E-state index contributed by atoms with van der Waals surface area (Å²) in [4.78, 5) is 18.7. The number of nitrogens with one attached hydrogen (secondary N) is 1. The lowest BCUT2D eigenvalue weighted by Crippen LogP contribution is -2.48. The molecule has 1 amide bonds. The third-order valence-corrected chi connectivity index (χ3v) is 5.40. The molecule has 1 saturated carbocycles. The van der Waals surface area contributed by atoms with Crippen LogP contribution in [-0.2, 0) is 16.1 Å². The predicted molar refractivity (Wildman–Crippen MR) is 82.4 cm³/mol. The van der Waals surface area contributed by atoms with Crippen LogP contribution in [0.1, 0.15) is 42.3 Å². The minimum absolute atomic E-state index is 0.0374. The van der Waals surface area contributed by atoms with Crippen LogP contribution in [0.4, 0.5) is 0 Å². The maximum atomic E-state index is 11.7. The Kier molecular flexibility index (Phi) is 4.87. The summed E-state index contributed by atoms with van der Waals surface area (Å²) in [6.07, 6.45) is 4.93. The first-order valence-corrected chi connectivity index (χ1v) is 8.64. The first kappa shape index (κ1) is 14.9. The first-order chi connectivity index (χ1) is 10.3. The number of carbonyl (C=O) groups is 1. The van der Waals surface area contributed by atoms with Gasteiger partial charge in [0.1, 0.15) is 6.10 Å². The average Bonchev–Trinajstić information content (AvgIpc) is 3.17. The molecule has 5 nitrogen and oxygen atoms in total. The van der Waals surface area contributed by atoms with E-state index in [2.05, 4.69) is 15.6 Å². The lowest BCUT2D eigenvalue weighted by atomic mass is 10.1.